The van der Waals surface area contributed by atoms with E-state index < -0.39 is 5.82 Å². The van der Waals surface area contributed by atoms with Crippen molar-refractivity contribution in [2.24, 2.45) is 0 Å². The van der Waals surface area contributed by atoms with E-state index in [1.807, 2.05) is 7.05 Å². The molecule has 0 bridgehead atoms. The number of aromatic amines is 1. The maximum absolute atomic E-state index is 13.4. The number of H-pyrrole nitrogens is 1. The van der Waals surface area contributed by atoms with Crippen LogP contribution in [-0.4, -0.2) is 51.3 Å². The second-order valence-corrected chi connectivity index (χ2v) is 8.86. The molecule has 0 unspecified atom stereocenters. The third-order valence-corrected chi connectivity index (χ3v) is 5.96. The number of hydrogen-bond donors (Lipinski definition) is 2. The zero-order valence-corrected chi connectivity index (χ0v) is 21.0. The molecule has 0 saturated carbocycles. The van der Waals surface area contributed by atoms with Gasteiger partial charge in [-0.3, -0.25) is 19.6 Å². The molecular weight excluding hydrogens is 499 g/mol. The molecule has 192 valence electrons. The smallest absolute Gasteiger partial charge is 0.258 e. The Balaban J connectivity index is 1.33. The molecule has 37 heavy (non-hydrogen) atoms. The number of carbonyl (C=O) groups is 1. The predicted molar refractivity (Wildman–Crippen MR) is 138 cm³/mol. The minimum absolute atomic E-state index is 0.0245. The highest BCUT2D eigenvalue weighted by atomic mass is 35.5. The lowest BCUT2D eigenvalue weighted by Crippen LogP contribution is -2.25. The molecule has 0 aliphatic carbocycles. The van der Waals surface area contributed by atoms with Crippen LogP contribution < -0.4 is 15.6 Å². The molecule has 0 atom stereocenters. The van der Waals surface area contributed by atoms with Crippen molar-refractivity contribution in [3.05, 3.63) is 92.8 Å². The largest absolute Gasteiger partial charge is 0.486 e. The first-order valence-electron chi connectivity index (χ1n) is 11.7. The Labute approximate surface area is 217 Å². The number of halogens is 2. The number of carbonyl (C=O) groups excluding carboxylic acids is 1. The summed E-state index contributed by atoms with van der Waals surface area (Å²) in [5.41, 5.74) is 2.19. The lowest BCUT2D eigenvalue weighted by Gasteiger charge is -2.17. The van der Waals surface area contributed by atoms with Gasteiger partial charge in [0.1, 0.15) is 29.5 Å². The van der Waals surface area contributed by atoms with E-state index in [0.717, 1.165) is 31.5 Å². The van der Waals surface area contributed by atoms with Crippen molar-refractivity contribution in [2.75, 3.05) is 20.1 Å². The fourth-order valence-electron chi connectivity index (χ4n) is 3.79. The van der Waals surface area contributed by atoms with Crippen molar-refractivity contribution in [3.8, 4) is 5.75 Å². The van der Waals surface area contributed by atoms with Gasteiger partial charge in [-0.25, -0.2) is 9.37 Å². The molecule has 0 radical (unpaired) electrons. The lowest BCUT2D eigenvalue weighted by molar-refractivity contribution is 0.112. The van der Waals surface area contributed by atoms with Gasteiger partial charge in [0.05, 0.1) is 21.8 Å². The Hall–Kier alpha value is -3.73. The molecule has 0 saturated heterocycles. The van der Waals surface area contributed by atoms with E-state index in [9.17, 15) is 14.0 Å². The number of benzene rings is 1. The number of ether oxygens (including phenoxy) is 1. The van der Waals surface area contributed by atoms with Gasteiger partial charge in [-0.05, 0) is 56.9 Å². The van der Waals surface area contributed by atoms with Gasteiger partial charge in [0.2, 0.25) is 0 Å². The van der Waals surface area contributed by atoms with E-state index in [2.05, 4.69) is 30.2 Å². The normalized spacial score (nSPS) is 11.2. The Morgan fingerprint density at radius 1 is 1.19 bits per heavy atom. The van der Waals surface area contributed by atoms with Crippen LogP contribution in [0.25, 0.3) is 10.9 Å². The van der Waals surface area contributed by atoms with Crippen molar-refractivity contribution in [1.29, 1.82) is 0 Å². The molecule has 0 aliphatic heterocycles. The number of nitrogens with one attached hydrogen (secondary N) is 2. The van der Waals surface area contributed by atoms with Crippen LogP contribution in [0.15, 0.2) is 53.6 Å². The van der Waals surface area contributed by atoms with Crippen LogP contribution in [0.3, 0.4) is 0 Å². The van der Waals surface area contributed by atoms with Crippen LogP contribution in [0.1, 0.15) is 34.0 Å². The van der Waals surface area contributed by atoms with Crippen LogP contribution in [0, 0.1) is 5.82 Å². The summed E-state index contributed by atoms with van der Waals surface area (Å²) in [7, 11) is 1.98. The van der Waals surface area contributed by atoms with E-state index in [-0.39, 0.29) is 17.2 Å². The van der Waals surface area contributed by atoms with E-state index in [1.54, 1.807) is 30.6 Å². The number of rotatable bonds is 12. The zero-order valence-electron chi connectivity index (χ0n) is 20.2. The molecule has 3 heterocycles. The second kappa shape index (κ2) is 12.5. The molecule has 11 heteroatoms. The predicted octanol–water partition coefficient (Wildman–Crippen LogP) is 3.51. The third-order valence-electron chi connectivity index (χ3n) is 5.67. The van der Waals surface area contributed by atoms with E-state index in [4.69, 9.17) is 16.3 Å². The molecule has 2 N–H and O–H groups in total. The molecule has 4 aromatic rings. The van der Waals surface area contributed by atoms with Gasteiger partial charge in [0.15, 0.2) is 6.29 Å². The van der Waals surface area contributed by atoms with Gasteiger partial charge in [-0.15, -0.1) is 0 Å². The van der Waals surface area contributed by atoms with Crippen molar-refractivity contribution in [2.45, 2.75) is 26.1 Å². The third kappa shape index (κ3) is 6.94. The quantitative estimate of drug-likeness (QED) is 0.214. The summed E-state index contributed by atoms with van der Waals surface area (Å²) in [5, 5.41) is 3.73. The van der Waals surface area contributed by atoms with Crippen molar-refractivity contribution < 1.29 is 13.9 Å². The van der Waals surface area contributed by atoms with E-state index >= 15 is 0 Å². The monoisotopic (exact) mass is 524 g/mol. The number of aromatic nitrogens is 4. The van der Waals surface area contributed by atoms with Gasteiger partial charge in [-0.2, -0.15) is 0 Å². The summed E-state index contributed by atoms with van der Waals surface area (Å²) in [6.07, 6.45) is 4.95. The first-order chi connectivity index (χ1) is 17.9. The van der Waals surface area contributed by atoms with Crippen LogP contribution in [0.5, 0.6) is 5.75 Å². The molecule has 9 nitrogen and oxygen atoms in total. The number of aldehydes is 1. The van der Waals surface area contributed by atoms with Crippen molar-refractivity contribution in [3.63, 3.8) is 0 Å². The zero-order chi connectivity index (χ0) is 26.2. The standard InChI is InChI=1S/C26H26ClFN6O3/c1-34(14-23-17(15-35)4-2-9-30-23)11-3-8-29-13-22-25-19(7-10-31-22)26(36)33-24(32-25)16-37-18-5-6-21(28)20(27)12-18/h2,4-7,9-10,12,15,29H,3,8,11,13-14,16H2,1H3,(H,32,33,36). The highest BCUT2D eigenvalue weighted by Crippen LogP contribution is 2.21. The van der Waals surface area contributed by atoms with Gasteiger partial charge in [0, 0.05) is 37.1 Å². The maximum Gasteiger partial charge on any atom is 0.258 e. The SMILES string of the molecule is CN(CCCNCc1nccc2c(=O)[nH]c(COc3ccc(F)c(Cl)c3)nc12)Cc1ncccc1C=O. The van der Waals surface area contributed by atoms with Crippen LogP contribution >= 0.6 is 11.6 Å². The van der Waals surface area contributed by atoms with Crippen LogP contribution in [-0.2, 0) is 19.7 Å². The Morgan fingerprint density at radius 2 is 2.03 bits per heavy atom. The summed E-state index contributed by atoms with van der Waals surface area (Å²) in [4.78, 5) is 41.8. The average molecular weight is 525 g/mol. The molecule has 4 rings (SSSR count). The first-order valence-corrected chi connectivity index (χ1v) is 12.1. The topological polar surface area (TPSA) is 113 Å². The molecule has 0 spiro atoms. The highest BCUT2D eigenvalue weighted by molar-refractivity contribution is 6.30. The van der Waals surface area contributed by atoms with Gasteiger partial charge in [-0.1, -0.05) is 11.6 Å². The summed E-state index contributed by atoms with van der Waals surface area (Å²) < 4.78 is 19.0. The highest BCUT2D eigenvalue weighted by Gasteiger charge is 2.11. The Bertz CT molecular complexity index is 1450. The van der Waals surface area contributed by atoms with Crippen LogP contribution in [0.2, 0.25) is 5.02 Å². The minimum atomic E-state index is -0.540. The lowest BCUT2D eigenvalue weighted by atomic mass is 10.2. The van der Waals surface area contributed by atoms with Crippen molar-refractivity contribution >= 4 is 28.8 Å². The second-order valence-electron chi connectivity index (χ2n) is 8.46. The molecule has 1 aromatic carbocycles. The maximum atomic E-state index is 13.4. The average Bonchev–Trinajstić information content (AvgIpc) is 2.89. The summed E-state index contributed by atoms with van der Waals surface area (Å²) in [6, 6.07) is 9.15. The first kappa shape index (κ1) is 26.3. The summed E-state index contributed by atoms with van der Waals surface area (Å²) in [5.74, 6) is 0.136. The van der Waals surface area contributed by atoms with Gasteiger partial charge >= 0.3 is 0 Å². The number of hydrogen-bond acceptors (Lipinski definition) is 8. The summed E-state index contributed by atoms with van der Waals surface area (Å²) in [6.45, 7) is 2.51. The number of fused-ring (bicyclic) bond motifs is 1. The van der Waals surface area contributed by atoms with Crippen LogP contribution in [0.4, 0.5) is 4.39 Å². The molecule has 0 aliphatic rings. The molecule has 3 aromatic heterocycles. The minimum Gasteiger partial charge on any atom is -0.486 e. The fraction of sp³-hybridized carbons (Fsp3) is 0.269. The Morgan fingerprint density at radius 3 is 2.84 bits per heavy atom. The van der Waals surface area contributed by atoms with E-state index in [1.165, 1.54) is 18.2 Å². The Kier molecular flexibility index (Phi) is 8.89. The van der Waals surface area contributed by atoms with E-state index in [0.29, 0.717) is 46.8 Å². The molecule has 0 amide bonds. The van der Waals surface area contributed by atoms with Gasteiger partial charge in [0.25, 0.3) is 5.56 Å². The van der Waals surface area contributed by atoms with Crippen molar-refractivity contribution in [1.82, 2.24) is 30.2 Å². The summed E-state index contributed by atoms with van der Waals surface area (Å²) >= 11 is 5.79. The van der Waals surface area contributed by atoms with Gasteiger partial charge < -0.3 is 19.9 Å². The number of nitrogens with zero attached hydrogens (tertiary/aromatic N) is 4. The molecule has 0 fully saturated rings. The molecular formula is C26H26ClFN6O3. The fourth-order valence-corrected chi connectivity index (χ4v) is 3.96. The number of pyridine rings is 2.